The molecule has 4 rings (SSSR count). The molecule has 1 saturated carbocycles. The molecule has 4 N–H and O–H groups in total. The third kappa shape index (κ3) is 2.78. The third-order valence-corrected chi connectivity index (χ3v) is 7.20. The molecule has 0 saturated heterocycles. The van der Waals surface area contributed by atoms with Gasteiger partial charge in [0.15, 0.2) is 17.3 Å². The number of hydrogen-bond acceptors (Lipinski definition) is 7. The van der Waals surface area contributed by atoms with Gasteiger partial charge in [-0.25, -0.2) is 0 Å². The molecule has 3 atom stereocenters. The van der Waals surface area contributed by atoms with E-state index in [0.717, 1.165) is 12.8 Å². The molecule has 0 unspecified atom stereocenters. The molecule has 7 nitrogen and oxygen atoms in total. The van der Waals surface area contributed by atoms with E-state index in [1.807, 2.05) is 13.8 Å². The van der Waals surface area contributed by atoms with E-state index in [4.69, 9.17) is 10.2 Å². The fraction of sp³-hybridized carbons (Fsp3) is 0.609. The van der Waals surface area contributed by atoms with Gasteiger partial charge in [-0.1, -0.05) is 34.1 Å². The molecule has 0 spiro atoms. The molecule has 1 aromatic carbocycles. The van der Waals surface area contributed by atoms with E-state index < -0.39 is 11.5 Å². The van der Waals surface area contributed by atoms with Crippen molar-refractivity contribution in [3.05, 3.63) is 34.5 Å². The zero-order valence-electron chi connectivity index (χ0n) is 18.3. The number of rotatable bonds is 3. The number of aromatic nitrogens is 2. The fourth-order valence-corrected chi connectivity index (χ4v) is 5.64. The summed E-state index contributed by atoms with van der Waals surface area (Å²) < 4.78 is 6.05. The van der Waals surface area contributed by atoms with Crippen molar-refractivity contribution in [2.75, 3.05) is 0 Å². The molecule has 0 amide bonds. The highest BCUT2D eigenvalue weighted by Crippen LogP contribution is 2.62. The van der Waals surface area contributed by atoms with E-state index >= 15 is 0 Å². The van der Waals surface area contributed by atoms with Crippen LogP contribution in [0, 0.1) is 11.3 Å². The summed E-state index contributed by atoms with van der Waals surface area (Å²) in [6.07, 6.45) is 2.81. The van der Waals surface area contributed by atoms with Crippen LogP contribution >= 0.6 is 0 Å². The summed E-state index contributed by atoms with van der Waals surface area (Å²) in [7, 11) is 0. The van der Waals surface area contributed by atoms with Crippen molar-refractivity contribution in [1.82, 2.24) is 10.2 Å². The number of carbonyl (C=O) groups is 1. The van der Waals surface area contributed by atoms with Gasteiger partial charge in [0.1, 0.15) is 0 Å². The van der Waals surface area contributed by atoms with Gasteiger partial charge in [-0.15, -0.1) is 10.2 Å². The van der Waals surface area contributed by atoms with Crippen LogP contribution in [0.3, 0.4) is 0 Å². The minimum absolute atomic E-state index is 0.0234. The minimum atomic E-state index is -0.845. The van der Waals surface area contributed by atoms with E-state index in [9.17, 15) is 15.0 Å². The molecule has 30 heavy (non-hydrogen) atoms. The summed E-state index contributed by atoms with van der Waals surface area (Å²) in [5.41, 5.74) is 6.36. The lowest BCUT2D eigenvalue weighted by atomic mass is 9.49. The Morgan fingerprint density at radius 3 is 2.47 bits per heavy atom. The second-order valence-corrected chi connectivity index (χ2v) is 9.97. The molecule has 0 radical (unpaired) electrons. The highest BCUT2D eigenvalue weighted by atomic mass is 16.4. The molecule has 0 bridgehead atoms. The van der Waals surface area contributed by atoms with E-state index in [1.165, 1.54) is 0 Å². The first-order valence-electron chi connectivity index (χ1n) is 10.7. The Morgan fingerprint density at radius 1 is 1.17 bits per heavy atom. The van der Waals surface area contributed by atoms with Crippen LogP contribution in [0.2, 0.25) is 0 Å². The van der Waals surface area contributed by atoms with Gasteiger partial charge in [0.05, 0.1) is 11.5 Å². The molecule has 7 heteroatoms. The summed E-state index contributed by atoms with van der Waals surface area (Å²) in [4.78, 5) is 13.3. The maximum Gasteiger partial charge on any atom is 0.232 e. The SMILES string of the molecule is CC(C)c1cc2c(c(O)c1O)[C@@]1(c3nnc([C@H](C)N)o3)CCCC(C)(C)[C@@H]1CC2=O. The van der Waals surface area contributed by atoms with Gasteiger partial charge in [-0.05, 0) is 43.1 Å². The highest BCUT2D eigenvalue weighted by Gasteiger charge is 2.60. The third-order valence-electron chi connectivity index (χ3n) is 7.20. The Kier molecular flexibility index (Phi) is 4.73. The van der Waals surface area contributed by atoms with Crippen molar-refractivity contribution >= 4 is 5.78 Å². The van der Waals surface area contributed by atoms with E-state index in [1.54, 1.807) is 13.0 Å². The molecule has 2 aliphatic rings. The number of nitrogens with two attached hydrogens (primary N) is 1. The molecular weight excluding hydrogens is 382 g/mol. The van der Waals surface area contributed by atoms with E-state index in [0.29, 0.717) is 41.3 Å². The zero-order valence-corrected chi connectivity index (χ0v) is 18.3. The standard InChI is InChI=1S/C23H31N3O4/c1-11(2)13-9-14-15(27)10-16-22(4,5)7-6-8-23(16,17(14)19(29)18(13)28)21-26-25-20(30-21)12(3)24/h9,11-12,16,28-29H,6-8,10,24H2,1-5H3/t12-,16-,23+/m0/s1. The Balaban J connectivity index is 2.07. The number of fused-ring (bicyclic) bond motifs is 3. The van der Waals surface area contributed by atoms with Gasteiger partial charge in [0.2, 0.25) is 11.8 Å². The number of Topliss-reactive ketones (excluding diaryl/α,β-unsaturated/α-hetero) is 1. The van der Waals surface area contributed by atoms with Crippen LogP contribution in [-0.2, 0) is 5.41 Å². The highest BCUT2D eigenvalue weighted by molar-refractivity contribution is 6.01. The van der Waals surface area contributed by atoms with Crippen molar-refractivity contribution in [2.24, 2.45) is 17.1 Å². The van der Waals surface area contributed by atoms with Gasteiger partial charge in [0.25, 0.3) is 0 Å². The summed E-state index contributed by atoms with van der Waals surface area (Å²) in [6.45, 7) is 9.90. The van der Waals surface area contributed by atoms with Crippen molar-refractivity contribution in [3.8, 4) is 11.5 Å². The number of hydrogen-bond donors (Lipinski definition) is 3. The Bertz CT molecular complexity index is 1010. The Hall–Kier alpha value is -2.41. The van der Waals surface area contributed by atoms with Crippen LogP contribution < -0.4 is 5.73 Å². The van der Waals surface area contributed by atoms with E-state index in [2.05, 4.69) is 24.0 Å². The summed E-state index contributed by atoms with van der Waals surface area (Å²) in [5, 5.41) is 30.6. The maximum atomic E-state index is 13.3. The summed E-state index contributed by atoms with van der Waals surface area (Å²) >= 11 is 0. The average Bonchev–Trinajstić information content (AvgIpc) is 3.16. The molecule has 2 aliphatic carbocycles. The first-order chi connectivity index (χ1) is 14.0. The lowest BCUT2D eigenvalue weighted by Crippen LogP contribution is -2.52. The summed E-state index contributed by atoms with van der Waals surface area (Å²) in [5.74, 6) is 0.0637. The van der Waals surface area contributed by atoms with Gasteiger partial charge in [-0.3, -0.25) is 4.79 Å². The van der Waals surface area contributed by atoms with E-state index in [-0.39, 0.29) is 34.5 Å². The number of nitrogens with zero attached hydrogens (tertiary/aromatic N) is 2. The van der Waals surface area contributed by atoms with Crippen molar-refractivity contribution in [2.45, 2.75) is 77.7 Å². The van der Waals surface area contributed by atoms with Gasteiger partial charge < -0.3 is 20.4 Å². The van der Waals surface area contributed by atoms with Crippen molar-refractivity contribution in [3.63, 3.8) is 0 Å². The number of ketones is 1. The normalized spacial score (nSPS) is 26.4. The van der Waals surface area contributed by atoms with Crippen LogP contribution in [0.4, 0.5) is 0 Å². The molecular formula is C23H31N3O4. The molecule has 1 fully saturated rings. The van der Waals surface area contributed by atoms with Gasteiger partial charge >= 0.3 is 0 Å². The molecule has 162 valence electrons. The first-order valence-corrected chi connectivity index (χ1v) is 10.7. The quantitative estimate of drug-likeness (QED) is 0.640. The second-order valence-electron chi connectivity index (χ2n) is 9.97. The van der Waals surface area contributed by atoms with Crippen LogP contribution in [0.1, 0.15) is 106 Å². The second kappa shape index (κ2) is 6.80. The Labute approximate surface area is 176 Å². The van der Waals surface area contributed by atoms with Gasteiger partial charge in [-0.2, -0.15) is 0 Å². The maximum absolute atomic E-state index is 13.3. The fourth-order valence-electron chi connectivity index (χ4n) is 5.64. The lowest BCUT2D eigenvalue weighted by molar-refractivity contribution is 0.0329. The smallest absolute Gasteiger partial charge is 0.232 e. The largest absolute Gasteiger partial charge is 0.504 e. The monoisotopic (exact) mass is 413 g/mol. The van der Waals surface area contributed by atoms with Crippen LogP contribution in [0.15, 0.2) is 10.5 Å². The van der Waals surface area contributed by atoms with Crippen LogP contribution in [0.5, 0.6) is 11.5 Å². The molecule has 2 aromatic rings. The molecule has 1 aromatic heterocycles. The lowest BCUT2D eigenvalue weighted by Gasteiger charge is -2.53. The molecule has 0 aliphatic heterocycles. The first kappa shape index (κ1) is 20.8. The predicted octanol–water partition coefficient (Wildman–Crippen LogP) is 4.32. The zero-order chi connectivity index (χ0) is 22.0. The van der Waals surface area contributed by atoms with Crippen LogP contribution in [-0.4, -0.2) is 26.2 Å². The topological polar surface area (TPSA) is 122 Å². The Morgan fingerprint density at radius 2 is 1.87 bits per heavy atom. The summed E-state index contributed by atoms with van der Waals surface area (Å²) in [6, 6.07) is 1.31. The number of phenols is 2. The number of benzene rings is 1. The predicted molar refractivity (Wildman–Crippen MR) is 112 cm³/mol. The number of carbonyl (C=O) groups excluding carboxylic acids is 1. The number of aromatic hydroxyl groups is 2. The van der Waals surface area contributed by atoms with Gasteiger partial charge in [0, 0.05) is 23.1 Å². The van der Waals surface area contributed by atoms with Crippen LogP contribution in [0.25, 0.3) is 0 Å². The minimum Gasteiger partial charge on any atom is -0.504 e. The van der Waals surface area contributed by atoms with Crippen molar-refractivity contribution < 1.29 is 19.4 Å². The average molecular weight is 414 g/mol. The number of phenolic OH excluding ortho intramolecular Hbond substituents is 2. The van der Waals surface area contributed by atoms with Crippen molar-refractivity contribution in [1.29, 1.82) is 0 Å². The molecule has 1 heterocycles.